The van der Waals surface area contributed by atoms with Gasteiger partial charge in [-0.05, 0) is 36.8 Å². The van der Waals surface area contributed by atoms with E-state index in [1.54, 1.807) is 35.6 Å². The first-order chi connectivity index (χ1) is 14.0. The largest absolute Gasteiger partial charge is 0.487 e. The van der Waals surface area contributed by atoms with Crippen molar-refractivity contribution in [2.24, 2.45) is 0 Å². The molecule has 1 aromatic heterocycles. The van der Waals surface area contributed by atoms with Gasteiger partial charge in [-0.3, -0.25) is 4.79 Å². The molecule has 0 fully saturated rings. The second-order valence-corrected chi connectivity index (χ2v) is 7.20. The van der Waals surface area contributed by atoms with Gasteiger partial charge in [0.25, 0.3) is 0 Å². The molecule has 3 rings (SSSR count). The third kappa shape index (κ3) is 5.74. The lowest BCUT2D eigenvalue weighted by molar-refractivity contribution is -0.116. The van der Waals surface area contributed by atoms with Crippen LogP contribution in [0, 0.1) is 24.1 Å². The number of nitrogens with one attached hydrogen (secondary N) is 1. The Bertz CT molecular complexity index is 1050. The Hall–Kier alpha value is -3.50. The molecule has 7 heteroatoms. The molecule has 146 valence electrons. The van der Waals surface area contributed by atoms with Crippen LogP contribution in [-0.4, -0.2) is 10.9 Å². The molecule has 1 atom stereocenters. The Kier molecular flexibility index (Phi) is 6.72. The van der Waals surface area contributed by atoms with Crippen LogP contribution < -0.4 is 10.1 Å². The lowest BCUT2D eigenvalue weighted by Crippen LogP contribution is -2.26. The highest BCUT2D eigenvalue weighted by Crippen LogP contribution is 2.17. The summed E-state index contributed by atoms with van der Waals surface area (Å²) < 4.78 is 19.5. The first kappa shape index (κ1) is 20.2. The Morgan fingerprint density at radius 1 is 1.31 bits per heavy atom. The van der Waals surface area contributed by atoms with Gasteiger partial charge in [0.15, 0.2) is 0 Å². The van der Waals surface area contributed by atoms with Gasteiger partial charge >= 0.3 is 0 Å². The molecule has 0 aliphatic carbocycles. The Morgan fingerprint density at radius 3 is 2.72 bits per heavy atom. The van der Waals surface area contributed by atoms with Crippen molar-refractivity contribution in [1.82, 2.24) is 10.3 Å². The molecule has 1 amide bonds. The van der Waals surface area contributed by atoms with E-state index in [0.717, 1.165) is 16.3 Å². The number of hydrogen-bond donors (Lipinski definition) is 1. The molecular weight excluding hydrogens is 389 g/mol. The summed E-state index contributed by atoms with van der Waals surface area (Å²) in [4.78, 5) is 16.4. The van der Waals surface area contributed by atoms with Crippen molar-refractivity contribution in [3.63, 3.8) is 0 Å². The summed E-state index contributed by atoms with van der Waals surface area (Å²) in [6, 6.07) is 13.9. The maximum atomic E-state index is 13.8. The first-order valence-electron chi connectivity index (χ1n) is 8.81. The van der Waals surface area contributed by atoms with Crippen LogP contribution in [0.2, 0.25) is 0 Å². The van der Waals surface area contributed by atoms with Crippen molar-refractivity contribution in [2.45, 2.75) is 19.6 Å². The van der Waals surface area contributed by atoms with Gasteiger partial charge in [-0.2, -0.15) is 5.26 Å². The zero-order valence-electron chi connectivity index (χ0n) is 15.6. The smallest absolute Gasteiger partial charge is 0.245 e. The number of amides is 1. The Morgan fingerprint density at radius 2 is 2.07 bits per heavy atom. The molecule has 0 spiro atoms. The fourth-order valence-corrected chi connectivity index (χ4v) is 3.16. The molecular formula is C22H18FN3O2S. The minimum atomic E-state index is -1.06. The molecule has 1 N–H and O–H groups in total. The van der Waals surface area contributed by atoms with Crippen LogP contribution in [0.5, 0.6) is 5.75 Å². The number of rotatable bonds is 7. The Balaban J connectivity index is 1.55. The lowest BCUT2D eigenvalue weighted by Gasteiger charge is -2.11. The van der Waals surface area contributed by atoms with Crippen LogP contribution in [0.25, 0.3) is 6.08 Å². The number of ether oxygens (including phenoxy) is 1. The molecule has 0 radical (unpaired) electrons. The summed E-state index contributed by atoms with van der Waals surface area (Å²) in [6.45, 7) is 2.34. The number of nitrogens with zero attached hydrogens (tertiary/aromatic N) is 2. The number of aromatic nitrogens is 1. The van der Waals surface area contributed by atoms with Crippen LogP contribution in [0.4, 0.5) is 4.39 Å². The van der Waals surface area contributed by atoms with E-state index >= 15 is 0 Å². The molecule has 0 aliphatic heterocycles. The van der Waals surface area contributed by atoms with Crippen LogP contribution in [-0.2, 0) is 11.4 Å². The highest BCUT2D eigenvalue weighted by Gasteiger charge is 2.15. The highest BCUT2D eigenvalue weighted by molar-refractivity contribution is 7.09. The number of halogens is 1. The van der Waals surface area contributed by atoms with Gasteiger partial charge in [-0.15, -0.1) is 11.3 Å². The van der Waals surface area contributed by atoms with E-state index in [4.69, 9.17) is 4.74 Å². The van der Waals surface area contributed by atoms with Gasteiger partial charge in [-0.1, -0.05) is 30.3 Å². The summed E-state index contributed by atoms with van der Waals surface area (Å²) in [5.41, 5.74) is 1.81. The molecule has 1 unspecified atom stereocenters. The fraction of sp³-hybridized carbons (Fsp3) is 0.136. The summed E-state index contributed by atoms with van der Waals surface area (Å²) in [7, 11) is 0. The van der Waals surface area contributed by atoms with Crippen LogP contribution in [0.3, 0.4) is 0 Å². The average Bonchev–Trinajstić information content (AvgIpc) is 3.15. The van der Waals surface area contributed by atoms with E-state index in [0.29, 0.717) is 12.4 Å². The fourth-order valence-electron chi connectivity index (χ4n) is 2.56. The van der Waals surface area contributed by atoms with Crippen molar-refractivity contribution < 1.29 is 13.9 Å². The highest BCUT2D eigenvalue weighted by atomic mass is 32.1. The molecule has 29 heavy (non-hydrogen) atoms. The van der Waals surface area contributed by atoms with E-state index in [2.05, 4.69) is 10.3 Å². The zero-order chi connectivity index (χ0) is 20.6. The third-order valence-electron chi connectivity index (χ3n) is 3.99. The molecule has 2 aromatic carbocycles. The summed E-state index contributed by atoms with van der Waals surface area (Å²) in [6.07, 6.45) is 2.91. The van der Waals surface area contributed by atoms with E-state index in [9.17, 15) is 14.4 Å². The van der Waals surface area contributed by atoms with Crippen LogP contribution in [0.1, 0.15) is 27.9 Å². The maximum absolute atomic E-state index is 13.8. The molecule has 3 aromatic rings. The van der Waals surface area contributed by atoms with Gasteiger partial charge in [0.05, 0.1) is 16.8 Å². The maximum Gasteiger partial charge on any atom is 0.245 e. The SMILES string of the molecule is Cc1nc(COc2ccc(/C=C/C(=O)NC(C#N)c3ccccc3F)cc2)cs1. The zero-order valence-corrected chi connectivity index (χ0v) is 16.4. The number of benzene rings is 2. The van der Waals surface area contributed by atoms with Gasteiger partial charge in [-0.25, -0.2) is 9.37 Å². The van der Waals surface area contributed by atoms with Crippen LogP contribution in [0.15, 0.2) is 60.0 Å². The van der Waals surface area contributed by atoms with Crippen molar-refractivity contribution in [2.75, 3.05) is 0 Å². The van der Waals surface area contributed by atoms with E-state index in [1.807, 2.05) is 30.5 Å². The molecule has 1 heterocycles. The minimum absolute atomic E-state index is 0.133. The van der Waals surface area contributed by atoms with Gasteiger partial charge in [0.2, 0.25) is 5.91 Å². The van der Waals surface area contributed by atoms with Crippen molar-refractivity contribution in [3.8, 4) is 11.8 Å². The molecule has 0 saturated heterocycles. The predicted octanol–water partition coefficient (Wildman–Crippen LogP) is 4.56. The second-order valence-electron chi connectivity index (χ2n) is 6.14. The topological polar surface area (TPSA) is 75.0 Å². The lowest BCUT2D eigenvalue weighted by atomic mass is 10.1. The number of carbonyl (C=O) groups is 1. The standard InChI is InChI=1S/C22H18FN3O2S/c1-15-25-17(14-29-15)13-28-18-9-6-16(7-10-18)8-11-22(27)26-21(12-24)19-4-2-3-5-20(19)23/h2-11,14,21H,13H2,1H3,(H,26,27)/b11-8+. The van der Waals surface area contributed by atoms with Gasteiger partial charge < -0.3 is 10.1 Å². The van der Waals surface area contributed by atoms with Crippen molar-refractivity contribution in [1.29, 1.82) is 5.26 Å². The molecule has 0 saturated carbocycles. The first-order valence-corrected chi connectivity index (χ1v) is 9.69. The Labute approximate surface area is 172 Å². The van der Waals surface area contributed by atoms with E-state index < -0.39 is 17.8 Å². The number of carbonyl (C=O) groups excluding carboxylic acids is 1. The van der Waals surface area contributed by atoms with Crippen molar-refractivity contribution >= 4 is 23.3 Å². The van der Waals surface area contributed by atoms with E-state index in [1.165, 1.54) is 24.3 Å². The molecule has 5 nitrogen and oxygen atoms in total. The predicted molar refractivity (Wildman–Crippen MR) is 110 cm³/mol. The molecule has 0 aliphatic rings. The summed E-state index contributed by atoms with van der Waals surface area (Å²) in [5.74, 6) is -0.327. The summed E-state index contributed by atoms with van der Waals surface area (Å²) in [5, 5.41) is 14.7. The molecule has 0 bridgehead atoms. The van der Waals surface area contributed by atoms with Crippen molar-refractivity contribution in [3.05, 3.63) is 87.6 Å². The second kappa shape index (κ2) is 9.62. The monoisotopic (exact) mass is 407 g/mol. The number of nitriles is 1. The number of aryl methyl sites for hydroxylation is 1. The number of hydrogen-bond acceptors (Lipinski definition) is 5. The van der Waals surface area contributed by atoms with Gasteiger partial charge in [0, 0.05) is 17.0 Å². The minimum Gasteiger partial charge on any atom is -0.487 e. The quantitative estimate of drug-likeness (QED) is 0.583. The average molecular weight is 407 g/mol. The van der Waals surface area contributed by atoms with Gasteiger partial charge in [0.1, 0.15) is 24.2 Å². The normalized spacial score (nSPS) is 11.8. The summed E-state index contributed by atoms with van der Waals surface area (Å²) >= 11 is 1.58. The third-order valence-corrected chi connectivity index (χ3v) is 4.81. The van der Waals surface area contributed by atoms with E-state index in [-0.39, 0.29) is 5.56 Å². The van der Waals surface area contributed by atoms with Crippen LogP contribution >= 0.6 is 11.3 Å². The number of thiazole rings is 1.